The molecule has 3 rings (SSSR count). The maximum Gasteiger partial charge on any atom is 0.138 e. The Bertz CT molecular complexity index is 787. The van der Waals surface area contributed by atoms with Gasteiger partial charge in [-0.2, -0.15) is 0 Å². The lowest BCUT2D eigenvalue weighted by atomic mass is 10.1. The van der Waals surface area contributed by atoms with Crippen LogP contribution in [-0.2, 0) is 0 Å². The zero-order valence-corrected chi connectivity index (χ0v) is 19.5. The van der Waals surface area contributed by atoms with Gasteiger partial charge >= 0.3 is 0 Å². The minimum Gasteiger partial charge on any atom is -1.00 e. The van der Waals surface area contributed by atoms with E-state index in [4.69, 9.17) is 0 Å². The monoisotopic (exact) mass is 453 g/mol. The van der Waals surface area contributed by atoms with Gasteiger partial charge in [0.15, 0.2) is 0 Å². The summed E-state index contributed by atoms with van der Waals surface area (Å²) in [5.41, 5.74) is 1.24. The van der Waals surface area contributed by atoms with Gasteiger partial charge in [0, 0.05) is 11.2 Å². The summed E-state index contributed by atoms with van der Waals surface area (Å²) in [6, 6.07) is 32.8. The number of hydrogen-bond donors (Lipinski definition) is 1. The number of hydrogen-bond acceptors (Lipinski definition) is 1. The first kappa shape index (κ1) is 22.4. The van der Waals surface area contributed by atoms with Crippen LogP contribution in [-0.4, -0.2) is 5.54 Å². The van der Waals surface area contributed by atoms with Crippen molar-refractivity contribution in [2.75, 3.05) is 0 Å². The Morgan fingerprint density at radius 2 is 1.00 bits per heavy atom. The lowest BCUT2D eigenvalue weighted by Gasteiger charge is -2.27. The molecule has 0 aromatic heterocycles. The van der Waals surface area contributed by atoms with Crippen LogP contribution in [0.15, 0.2) is 103 Å². The zero-order valence-electron chi connectivity index (χ0n) is 17.1. The van der Waals surface area contributed by atoms with Crippen LogP contribution in [0.1, 0.15) is 27.7 Å². The fraction of sp³-hybridized carbons (Fsp3) is 0.200. The van der Waals surface area contributed by atoms with Crippen LogP contribution < -0.4 is 38.2 Å². The standard InChI is InChI=1S/C25H29NP.BrH/c1-21(26-25(2,3)4)20-27(22-14-8-5-9-15-22,23-16-10-6-11-17-23)24-18-12-7-13-19-24;/h5-20,26H,1-4H3;1H/q+1;/p-1/b21-20+;. The van der Waals surface area contributed by atoms with E-state index in [1.54, 1.807) is 0 Å². The van der Waals surface area contributed by atoms with Crippen molar-refractivity contribution in [2.45, 2.75) is 33.2 Å². The van der Waals surface area contributed by atoms with Crippen molar-refractivity contribution in [1.82, 2.24) is 5.32 Å². The van der Waals surface area contributed by atoms with Crippen LogP contribution in [0.2, 0.25) is 0 Å². The van der Waals surface area contributed by atoms with Gasteiger partial charge in [0.05, 0.1) is 5.82 Å². The molecule has 0 saturated heterocycles. The van der Waals surface area contributed by atoms with Crippen LogP contribution in [0.3, 0.4) is 0 Å². The average Bonchev–Trinajstić information content (AvgIpc) is 2.67. The quantitative estimate of drug-likeness (QED) is 0.584. The maximum atomic E-state index is 3.67. The molecule has 3 heteroatoms. The smallest absolute Gasteiger partial charge is 0.138 e. The molecule has 0 atom stereocenters. The molecular formula is C25H29BrNP. The fourth-order valence-corrected chi connectivity index (χ4v) is 7.49. The van der Waals surface area contributed by atoms with Gasteiger partial charge in [0.1, 0.15) is 23.2 Å². The fourth-order valence-electron chi connectivity index (χ4n) is 3.57. The molecule has 146 valence electrons. The predicted octanol–water partition coefficient (Wildman–Crippen LogP) is 2.23. The summed E-state index contributed by atoms with van der Waals surface area (Å²) in [7, 11) is -1.92. The summed E-state index contributed by atoms with van der Waals surface area (Å²) in [6.07, 6.45) is 0. The topological polar surface area (TPSA) is 12.0 Å². The Morgan fingerprint density at radius 1 is 0.679 bits per heavy atom. The first-order valence-electron chi connectivity index (χ1n) is 9.45. The lowest BCUT2D eigenvalue weighted by molar-refractivity contribution is -0.00000631. The molecule has 3 aromatic rings. The van der Waals surface area contributed by atoms with Gasteiger partial charge < -0.3 is 22.3 Å². The first-order chi connectivity index (χ1) is 12.9. The van der Waals surface area contributed by atoms with Gasteiger partial charge in [-0.1, -0.05) is 54.6 Å². The average molecular weight is 454 g/mol. The first-order valence-corrected chi connectivity index (χ1v) is 11.3. The van der Waals surface area contributed by atoms with Crippen LogP contribution in [0.5, 0.6) is 0 Å². The van der Waals surface area contributed by atoms with E-state index in [9.17, 15) is 0 Å². The number of benzene rings is 3. The Hall–Kier alpha value is -1.89. The molecule has 3 aromatic carbocycles. The normalized spacial score (nSPS) is 12.2. The van der Waals surface area contributed by atoms with Crippen molar-refractivity contribution in [3.8, 4) is 0 Å². The largest absolute Gasteiger partial charge is 1.00 e. The molecule has 0 aliphatic rings. The molecule has 0 unspecified atom stereocenters. The van der Waals surface area contributed by atoms with Crippen molar-refractivity contribution < 1.29 is 17.0 Å². The van der Waals surface area contributed by atoms with Gasteiger partial charge in [-0.05, 0) is 64.1 Å². The van der Waals surface area contributed by atoms with Gasteiger partial charge in [0.25, 0.3) is 0 Å². The van der Waals surface area contributed by atoms with Gasteiger partial charge in [0.2, 0.25) is 0 Å². The Labute approximate surface area is 181 Å². The number of allylic oxidation sites excluding steroid dienone is 1. The molecule has 0 bridgehead atoms. The summed E-state index contributed by atoms with van der Waals surface area (Å²) in [6.45, 7) is 8.81. The molecule has 0 radical (unpaired) electrons. The molecule has 0 aliphatic heterocycles. The van der Waals surface area contributed by atoms with E-state index in [1.165, 1.54) is 21.6 Å². The van der Waals surface area contributed by atoms with E-state index >= 15 is 0 Å². The zero-order chi connectivity index (χ0) is 19.3. The number of halogens is 1. The van der Waals surface area contributed by atoms with E-state index in [0.29, 0.717) is 0 Å². The third kappa shape index (κ3) is 5.13. The minimum absolute atomic E-state index is 0. The molecule has 0 spiro atoms. The molecule has 0 fully saturated rings. The molecule has 0 heterocycles. The highest BCUT2D eigenvalue weighted by Crippen LogP contribution is 2.57. The molecule has 0 amide bonds. The molecule has 1 N–H and O–H groups in total. The third-order valence-corrected chi connectivity index (χ3v) is 8.56. The SMILES string of the molecule is C/C(=C\[P+](c1ccccc1)(c1ccccc1)c1ccccc1)NC(C)(C)C.[Br-]. The highest BCUT2D eigenvalue weighted by Gasteiger charge is 2.44. The molecule has 0 saturated carbocycles. The summed E-state index contributed by atoms with van der Waals surface area (Å²) in [4.78, 5) is 0. The van der Waals surface area contributed by atoms with E-state index in [2.05, 4.69) is 130 Å². The molecule has 28 heavy (non-hydrogen) atoms. The number of rotatable bonds is 5. The van der Waals surface area contributed by atoms with Crippen molar-refractivity contribution in [3.63, 3.8) is 0 Å². The van der Waals surface area contributed by atoms with Crippen molar-refractivity contribution in [1.29, 1.82) is 0 Å². The van der Waals surface area contributed by atoms with E-state index in [-0.39, 0.29) is 22.5 Å². The van der Waals surface area contributed by atoms with Crippen LogP contribution in [0.25, 0.3) is 0 Å². The third-order valence-electron chi connectivity index (χ3n) is 4.45. The van der Waals surface area contributed by atoms with Crippen LogP contribution >= 0.6 is 7.26 Å². The lowest BCUT2D eigenvalue weighted by Crippen LogP contribution is -3.00. The van der Waals surface area contributed by atoms with E-state index < -0.39 is 7.26 Å². The van der Waals surface area contributed by atoms with Crippen molar-refractivity contribution >= 4 is 23.2 Å². The highest BCUT2D eigenvalue weighted by atomic mass is 79.9. The van der Waals surface area contributed by atoms with Gasteiger partial charge in [-0.25, -0.2) is 0 Å². The van der Waals surface area contributed by atoms with Crippen molar-refractivity contribution in [2.24, 2.45) is 0 Å². The molecule has 1 nitrogen and oxygen atoms in total. The summed E-state index contributed by atoms with van der Waals surface area (Å²) >= 11 is 0. The van der Waals surface area contributed by atoms with Crippen LogP contribution in [0, 0.1) is 0 Å². The second-order valence-corrected chi connectivity index (χ2v) is 11.2. The summed E-state index contributed by atoms with van der Waals surface area (Å²) < 4.78 is 0. The Balaban J connectivity index is 0.00000280. The van der Waals surface area contributed by atoms with Gasteiger partial charge in [-0.3, -0.25) is 0 Å². The Morgan fingerprint density at radius 3 is 1.29 bits per heavy atom. The summed E-state index contributed by atoms with van der Waals surface area (Å²) in [5, 5.41) is 7.79. The van der Waals surface area contributed by atoms with Crippen molar-refractivity contribution in [3.05, 3.63) is 103 Å². The maximum absolute atomic E-state index is 3.67. The second-order valence-electron chi connectivity index (χ2n) is 7.92. The molecular weight excluding hydrogens is 425 g/mol. The predicted molar refractivity (Wildman–Crippen MR) is 122 cm³/mol. The van der Waals surface area contributed by atoms with Gasteiger partial charge in [-0.15, -0.1) is 0 Å². The van der Waals surface area contributed by atoms with E-state index in [0.717, 1.165) is 0 Å². The second kappa shape index (κ2) is 9.54. The molecule has 0 aliphatic carbocycles. The summed E-state index contributed by atoms with van der Waals surface area (Å²) in [5.74, 6) is 2.48. The van der Waals surface area contributed by atoms with Crippen LogP contribution in [0.4, 0.5) is 0 Å². The Kier molecular flexibility index (Phi) is 7.63. The minimum atomic E-state index is -1.92. The number of nitrogens with one attached hydrogen (secondary N) is 1. The van der Waals surface area contributed by atoms with E-state index in [1.807, 2.05) is 0 Å². The highest BCUT2D eigenvalue weighted by molar-refractivity contribution is 7.98.